The number of hydrogen-bond acceptors (Lipinski definition) is 3. The van der Waals surface area contributed by atoms with Crippen molar-refractivity contribution in [3.05, 3.63) is 81.0 Å². The topological polar surface area (TPSA) is 73.1 Å². The highest BCUT2D eigenvalue weighted by molar-refractivity contribution is 5.81. The lowest BCUT2D eigenvalue weighted by Gasteiger charge is -2.16. The number of fused-ring (bicyclic) bond motifs is 1. The van der Waals surface area contributed by atoms with E-state index in [1.54, 1.807) is 31.2 Å². The summed E-state index contributed by atoms with van der Waals surface area (Å²) in [6, 6.07) is 16.3. The van der Waals surface area contributed by atoms with Gasteiger partial charge in [0.05, 0.1) is 16.9 Å². The second kappa shape index (κ2) is 7.39. The first-order chi connectivity index (χ1) is 12.5. The van der Waals surface area contributed by atoms with E-state index in [0.717, 1.165) is 10.1 Å². The number of rotatable bonds is 5. The zero-order valence-corrected chi connectivity index (χ0v) is 14.8. The number of benzene rings is 2. The van der Waals surface area contributed by atoms with Gasteiger partial charge in [0.2, 0.25) is 5.91 Å². The summed E-state index contributed by atoms with van der Waals surface area (Å²) in [7, 11) is 0. The Morgan fingerprint density at radius 3 is 2.35 bits per heavy atom. The molecule has 0 spiro atoms. The molecule has 0 aliphatic carbocycles. The monoisotopic (exact) mass is 351 g/mol. The molecule has 0 saturated heterocycles. The van der Waals surface area contributed by atoms with E-state index >= 15 is 0 Å². The quantitative estimate of drug-likeness (QED) is 0.765. The minimum Gasteiger partial charge on any atom is -0.348 e. The summed E-state index contributed by atoms with van der Waals surface area (Å²) in [4.78, 5) is 37.6. The van der Waals surface area contributed by atoms with Crippen LogP contribution >= 0.6 is 0 Å². The third-order valence-electron chi connectivity index (χ3n) is 4.43. The normalized spacial score (nSPS) is 12.1. The molecule has 3 rings (SSSR count). The number of carbonyl (C=O) groups excluding carboxylic acids is 1. The van der Waals surface area contributed by atoms with Gasteiger partial charge < -0.3 is 5.32 Å². The molecule has 2 aromatic carbocycles. The number of hydrogen-bond donors (Lipinski definition) is 1. The minimum absolute atomic E-state index is 0.142. The van der Waals surface area contributed by atoms with Gasteiger partial charge in [0, 0.05) is 6.54 Å². The Morgan fingerprint density at radius 1 is 1.00 bits per heavy atom. The van der Waals surface area contributed by atoms with E-state index in [2.05, 4.69) is 5.32 Å². The molecular weight excluding hydrogens is 330 g/mol. The Morgan fingerprint density at radius 2 is 1.65 bits per heavy atom. The van der Waals surface area contributed by atoms with Gasteiger partial charge in [-0.05, 0) is 31.5 Å². The Balaban J connectivity index is 1.95. The Labute approximate surface area is 150 Å². The van der Waals surface area contributed by atoms with Gasteiger partial charge in [-0.1, -0.05) is 42.5 Å². The largest absolute Gasteiger partial charge is 0.348 e. The zero-order valence-electron chi connectivity index (χ0n) is 14.8. The standard InChI is InChI=1S/C20H21N3O3/c1-3-22-19(25)16-11-7-8-12-17(16)23(20(22)26)13-18(24)21-14(2)15-9-5-4-6-10-15/h4-12,14H,3,13H2,1-2H3,(H,21,24). The number of aromatic nitrogens is 2. The number of para-hydroxylation sites is 1. The summed E-state index contributed by atoms with van der Waals surface area (Å²) in [6.45, 7) is 3.74. The number of nitrogens with one attached hydrogen (secondary N) is 1. The van der Waals surface area contributed by atoms with Gasteiger partial charge in [0.15, 0.2) is 0 Å². The van der Waals surface area contributed by atoms with Crippen LogP contribution in [0.1, 0.15) is 25.5 Å². The number of nitrogens with zero attached hydrogens (tertiary/aromatic N) is 2. The summed E-state index contributed by atoms with van der Waals surface area (Å²) in [5.74, 6) is -0.282. The van der Waals surface area contributed by atoms with E-state index in [0.29, 0.717) is 10.9 Å². The first-order valence-electron chi connectivity index (χ1n) is 8.59. The molecule has 0 bridgehead atoms. The van der Waals surface area contributed by atoms with Gasteiger partial charge in [-0.3, -0.25) is 18.7 Å². The van der Waals surface area contributed by atoms with Crippen LogP contribution in [0.5, 0.6) is 0 Å². The highest BCUT2D eigenvalue weighted by Crippen LogP contribution is 2.12. The van der Waals surface area contributed by atoms with Crippen molar-refractivity contribution in [1.82, 2.24) is 14.5 Å². The average Bonchev–Trinajstić information content (AvgIpc) is 2.66. The van der Waals surface area contributed by atoms with Crippen LogP contribution in [0.25, 0.3) is 10.9 Å². The summed E-state index contributed by atoms with van der Waals surface area (Å²) in [5.41, 5.74) is 0.646. The van der Waals surface area contributed by atoms with E-state index in [4.69, 9.17) is 0 Å². The van der Waals surface area contributed by atoms with Crippen molar-refractivity contribution >= 4 is 16.8 Å². The molecule has 0 fully saturated rings. The van der Waals surface area contributed by atoms with E-state index in [9.17, 15) is 14.4 Å². The molecule has 26 heavy (non-hydrogen) atoms. The molecule has 6 nitrogen and oxygen atoms in total. The molecule has 1 N–H and O–H groups in total. The maximum atomic E-state index is 12.7. The van der Waals surface area contributed by atoms with E-state index in [1.807, 2.05) is 37.3 Å². The second-order valence-corrected chi connectivity index (χ2v) is 6.14. The lowest BCUT2D eigenvalue weighted by molar-refractivity contribution is -0.122. The summed E-state index contributed by atoms with van der Waals surface area (Å²) < 4.78 is 2.50. The fourth-order valence-corrected chi connectivity index (χ4v) is 3.06. The fourth-order valence-electron chi connectivity index (χ4n) is 3.06. The highest BCUT2D eigenvalue weighted by Gasteiger charge is 2.15. The van der Waals surface area contributed by atoms with Crippen molar-refractivity contribution in [3.8, 4) is 0 Å². The second-order valence-electron chi connectivity index (χ2n) is 6.14. The third-order valence-corrected chi connectivity index (χ3v) is 4.43. The zero-order chi connectivity index (χ0) is 18.7. The van der Waals surface area contributed by atoms with Crippen LogP contribution in [0.15, 0.2) is 64.2 Å². The molecule has 0 saturated carbocycles. The maximum Gasteiger partial charge on any atom is 0.331 e. The van der Waals surface area contributed by atoms with Gasteiger partial charge in [-0.15, -0.1) is 0 Å². The van der Waals surface area contributed by atoms with E-state index < -0.39 is 5.69 Å². The maximum absolute atomic E-state index is 12.7. The molecule has 0 aliphatic heterocycles. The first-order valence-corrected chi connectivity index (χ1v) is 8.59. The van der Waals surface area contributed by atoms with Crippen LogP contribution < -0.4 is 16.6 Å². The fraction of sp³-hybridized carbons (Fsp3) is 0.250. The molecule has 134 valence electrons. The van der Waals surface area contributed by atoms with Crippen molar-refractivity contribution in [1.29, 1.82) is 0 Å². The Bertz CT molecular complexity index is 1050. The molecule has 1 amide bonds. The van der Waals surface area contributed by atoms with Gasteiger partial charge >= 0.3 is 5.69 Å². The van der Waals surface area contributed by atoms with Crippen molar-refractivity contribution in [2.45, 2.75) is 33.0 Å². The van der Waals surface area contributed by atoms with Gasteiger partial charge in [-0.25, -0.2) is 4.79 Å². The Hall–Kier alpha value is -3.15. The van der Waals surface area contributed by atoms with E-state index in [1.165, 1.54) is 4.57 Å². The summed E-state index contributed by atoms with van der Waals surface area (Å²) >= 11 is 0. The lowest BCUT2D eigenvalue weighted by Crippen LogP contribution is -2.42. The number of carbonyl (C=O) groups is 1. The molecule has 1 atom stereocenters. The van der Waals surface area contributed by atoms with Crippen LogP contribution in [0.2, 0.25) is 0 Å². The molecular formula is C20H21N3O3. The van der Waals surface area contributed by atoms with Crippen LogP contribution in [0.4, 0.5) is 0 Å². The minimum atomic E-state index is -0.473. The molecule has 0 radical (unpaired) electrons. The smallest absolute Gasteiger partial charge is 0.331 e. The summed E-state index contributed by atoms with van der Waals surface area (Å²) in [6.07, 6.45) is 0. The lowest BCUT2D eigenvalue weighted by atomic mass is 10.1. The third kappa shape index (κ3) is 3.31. The van der Waals surface area contributed by atoms with Gasteiger partial charge in [-0.2, -0.15) is 0 Å². The van der Waals surface area contributed by atoms with E-state index in [-0.39, 0.29) is 30.6 Å². The van der Waals surface area contributed by atoms with Crippen molar-refractivity contribution < 1.29 is 4.79 Å². The van der Waals surface area contributed by atoms with Crippen molar-refractivity contribution in [2.24, 2.45) is 0 Å². The van der Waals surface area contributed by atoms with Crippen molar-refractivity contribution in [3.63, 3.8) is 0 Å². The van der Waals surface area contributed by atoms with Crippen LogP contribution in [0, 0.1) is 0 Å². The molecule has 1 unspecified atom stereocenters. The molecule has 1 heterocycles. The van der Waals surface area contributed by atoms with Crippen LogP contribution in [-0.4, -0.2) is 15.0 Å². The van der Waals surface area contributed by atoms with Crippen LogP contribution in [-0.2, 0) is 17.9 Å². The highest BCUT2D eigenvalue weighted by atomic mass is 16.2. The van der Waals surface area contributed by atoms with Gasteiger partial charge in [0.1, 0.15) is 6.54 Å². The summed E-state index contributed by atoms with van der Waals surface area (Å²) in [5, 5.41) is 3.33. The van der Waals surface area contributed by atoms with Gasteiger partial charge in [0.25, 0.3) is 5.56 Å². The molecule has 0 aliphatic rings. The number of amides is 1. The van der Waals surface area contributed by atoms with Crippen molar-refractivity contribution in [2.75, 3.05) is 0 Å². The van der Waals surface area contributed by atoms with Crippen LogP contribution in [0.3, 0.4) is 0 Å². The SMILES string of the molecule is CCn1c(=O)c2ccccc2n(CC(=O)NC(C)c2ccccc2)c1=O. The average molecular weight is 351 g/mol. The first kappa shape index (κ1) is 17.7. The Kier molecular flexibility index (Phi) is 5.02. The predicted octanol–water partition coefficient (Wildman–Crippen LogP) is 2.06. The molecule has 1 aromatic heterocycles. The predicted molar refractivity (Wildman–Crippen MR) is 101 cm³/mol. The molecule has 3 aromatic rings. The molecule has 6 heteroatoms.